The van der Waals surface area contributed by atoms with E-state index < -0.39 is 27.0 Å². The van der Waals surface area contributed by atoms with Gasteiger partial charge in [-0.05, 0) is 54.7 Å². The molecule has 0 aromatic heterocycles. The molecule has 0 aliphatic carbocycles. The number of halogens is 1. The summed E-state index contributed by atoms with van der Waals surface area (Å²) in [4.78, 5) is 11.6. The van der Waals surface area contributed by atoms with Crippen LogP contribution in [0.5, 0.6) is 5.75 Å². The van der Waals surface area contributed by atoms with Gasteiger partial charge >= 0.3 is 5.97 Å². The van der Waals surface area contributed by atoms with Crippen molar-refractivity contribution in [3.63, 3.8) is 0 Å². The Bertz CT molecular complexity index is 1000. The van der Waals surface area contributed by atoms with Gasteiger partial charge in [0.25, 0.3) is 0 Å². The quantitative estimate of drug-likeness (QED) is 0.727. The Morgan fingerprint density at radius 1 is 1.12 bits per heavy atom. The van der Waals surface area contributed by atoms with E-state index in [-0.39, 0.29) is 26.5 Å². The highest BCUT2D eigenvalue weighted by Gasteiger charge is 2.31. The summed E-state index contributed by atoms with van der Waals surface area (Å²) >= 11 is 3.34. The fourth-order valence-electron chi connectivity index (χ4n) is 2.77. The van der Waals surface area contributed by atoms with Crippen LogP contribution < -0.4 is 0 Å². The molecule has 0 fully saturated rings. The molecule has 0 bridgehead atoms. The molecule has 0 amide bonds. The number of aromatic hydroxyl groups is 1. The zero-order chi connectivity index (χ0) is 20.0. The molecule has 0 saturated heterocycles. The van der Waals surface area contributed by atoms with Crippen molar-refractivity contribution in [2.45, 2.75) is 49.8 Å². The molecule has 0 unspecified atom stereocenters. The summed E-state index contributed by atoms with van der Waals surface area (Å²) in [5.41, 5.74) is 0.0142. The molecule has 0 atom stereocenters. The summed E-state index contributed by atoms with van der Waals surface area (Å²) in [6, 6.07) is 6.02. The Morgan fingerprint density at radius 2 is 1.69 bits per heavy atom. The predicted octanol–water partition coefficient (Wildman–Crippen LogP) is 4.60. The number of carboxylic acid groups (broad SMARTS) is 1. The molecule has 2 aromatic rings. The number of hydrogen-bond donors (Lipinski definition) is 2. The van der Waals surface area contributed by atoms with E-state index in [0.717, 1.165) is 10.0 Å². The number of aryl methyl sites for hydroxylation is 1. The normalized spacial score (nSPS) is 12.2. The van der Waals surface area contributed by atoms with E-state index in [1.807, 2.05) is 0 Å². The Balaban J connectivity index is 2.90. The van der Waals surface area contributed by atoms with Gasteiger partial charge in [-0.15, -0.1) is 0 Å². The van der Waals surface area contributed by atoms with E-state index >= 15 is 0 Å². The fourth-order valence-corrected chi connectivity index (χ4v) is 4.62. The molecule has 0 aliphatic rings. The minimum Gasteiger partial charge on any atom is -0.507 e. The van der Waals surface area contributed by atoms with Crippen LogP contribution in [-0.2, 0) is 15.3 Å². The maximum Gasteiger partial charge on any atom is 0.339 e. The van der Waals surface area contributed by atoms with E-state index in [2.05, 4.69) is 15.9 Å². The van der Waals surface area contributed by atoms with Crippen LogP contribution in [-0.4, -0.2) is 24.6 Å². The maximum atomic E-state index is 13.2. The lowest BCUT2D eigenvalue weighted by Gasteiger charge is -2.24. The van der Waals surface area contributed by atoms with Gasteiger partial charge in [-0.25, -0.2) is 13.2 Å². The van der Waals surface area contributed by atoms with Crippen LogP contribution in [0.3, 0.4) is 0 Å². The molecule has 5 nitrogen and oxygen atoms in total. The highest BCUT2D eigenvalue weighted by Crippen LogP contribution is 2.39. The number of hydrogen-bond acceptors (Lipinski definition) is 4. The van der Waals surface area contributed by atoms with Crippen LogP contribution in [0.25, 0.3) is 0 Å². The smallest absolute Gasteiger partial charge is 0.339 e. The van der Waals surface area contributed by atoms with E-state index in [1.165, 1.54) is 25.1 Å². The predicted molar refractivity (Wildman–Crippen MR) is 103 cm³/mol. The third-order valence-corrected chi connectivity index (χ3v) is 7.03. The summed E-state index contributed by atoms with van der Waals surface area (Å²) in [5, 5.41) is 20.0. The molecular formula is C19H21BrO5S. The SMILES string of the molecule is Cc1cc(S(=O)(=O)c2cc(C(C)(C)C)c(O)c(C(=O)O)c2C)ccc1Br. The van der Waals surface area contributed by atoms with E-state index in [4.69, 9.17) is 0 Å². The van der Waals surface area contributed by atoms with E-state index in [1.54, 1.807) is 33.8 Å². The number of sulfone groups is 1. The van der Waals surface area contributed by atoms with Crippen molar-refractivity contribution in [3.8, 4) is 5.75 Å². The minimum absolute atomic E-state index is 0.0172. The van der Waals surface area contributed by atoms with Gasteiger partial charge in [-0.1, -0.05) is 36.7 Å². The topological polar surface area (TPSA) is 91.7 Å². The number of benzene rings is 2. The molecular weight excluding hydrogens is 420 g/mol. The Labute approximate surface area is 161 Å². The molecule has 0 spiro atoms. The second-order valence-electron chi connectivity index (χ2n) is 7.24. The van der Waals surface area contributed by atoms with Gasteiger partial charge in [0.2, 0.25) is 9.84 Å². The van der Waals surface area contributed by atoms with Crippen molar-refractivity contribution < 1.29 is 23.4 Å². The lowest BCUT2D eigenvalue weighted by atomic mass is 9.84. The Kier molecular flexibility index (Phi) is 5.27. The van der Waals surface area contributed by atoms with Crippen LogP contribution in [0.4, 0.5) is 0 Å². The van der Waals surface area contributed by atoms with Crippen molar-refractivity contribution in [2.75, 3.05) is 0 Å². The molecule has 0 aliphatic heterocycles. The maximum absolute atomic E-state index is 13.2. The highest BCUT2D eigenvalue weighted by atomic mass is 79.9. The van der Waals surface area contributed by atoms with Gasteiger partial charge in [0.15, 0.2) is 0 Å². The van der Waals surface area contributed by atoms with Gasteiger partial charge in [-0.3, -0.25) is 0 Å². The van der Waals surface area contributed by atoms with E-state index in [0.29, 0.717) is 0 Å². The zero-order valence-electron chi connectivity index (χ0n) is 15.2. The fraction of sp³-hybridized carbons (Fsp3) is 0.316. The van der Waals surface area contributed by atoms with Gasteiger partial charge in [0.1, 0.15) is 11.3 Å². The molecule has 2 aromatic carbocycles. The Hall–Kier alpha value is -1.86. The summed E-state index contributed by atoms with van der Waals surface area (Å²) in [6.07, 6.45) is 0. The van der Waals surface area contributed by atoms with Gasteiger partial charge in [-0.2, -0.15) is 0 Å². The number of carboxylic acids is 1. The second kappa shape index (κ2) is 6.70. The second-order valence-corrected chi connectivity index (χ2v) is 10.0. The van der Waals surface area contributed by atoms with Crippen LogP contribution in [0, 0.1) is 13.8 Å². The molecule has 140 valence electrons. The van der Waals surface area contributed by atoms with Crippen molar-refractivity contribution >= 4 is 31.7 Å². The molecule has 26 heavy (non-hydrogen) atoms. The summed E-state index contributed by atoms with van der Waals surface area (Å²) < 4.78 is 27.2. The monoisotopic (exact) mass is 440 g/mol. The first-order valence-corrected chi connectivity index (χ1v) is 10.2. The highest BCUT2D eigenvalue weighted by molar-refractivity contribution is 9.10. The molecule has 0 heterocycles. The standard InChI is InChI=1S/C19H21BrO5S/c1-10-8-12(6-7-14(10)20)26(24,25)15-9-13(19(3,4)5)17(21)16(11(15)2)18(22)23/h6-9,21H,1-5H3,(H,22,23). The van der Waals surface area contributed by atoms with Gasteiger partial charge < -0.3 is 10.2 Å². The average molecular weight is 441 g/mol. The number of rotatable bonds is 3. The molecule has 2 rings (SSSR count). The van der Waals surface area contributed by atoms with E-state index in [9.17, 15) is 23.4 Å². The van der Waals surface area contributed by atoms with Crippen molar-refractivity contribution in [1.29, 1.82) is 0 Å². The number of phenols is 1. The van der Waals surface area contributed by atoms with Crippen LogP contribution in [0.1, 0.15) is 47.8 Å². The summed E-state index contributed by atoms with van der Waals surface area (Å²) in [5.74, 6) is -1.76. The number of aromatic carboxylic acids is 1. The van der Waals surface area contributed by atoms with Crippen LogP contribution in [0.2, 0.25) is 0 Å². The summed E-state index contributed by atoms with van der Waals surface area (Å²) in [7, 11) is -3.96. The zero-order valence-corrected chi connectivity index (χ0v) is 17.6. The first-order valence-electron chi connectivity index (χ1n) is 7.90. The molecule has 2 N–H and O–H groups in total. The minimum atomic E-state index is -3.96. The molecule has 0 radical (unpaired) electrons. The first kappa shape index (κ1) is 20.5. The third kappa shape index (κ3) is 3.50. The molecule has 0 saturated carbocycles. The van der Waals surface area contributed by atoms with Crippen LogP contribution in [0.15, 0.2) is 38.5 Å². The first-order chi connectivity index (χ1) is 11.8. The Morgan fingerprint density at radius 3 is 2.15 bits per heavy atom. The van der Waals surface area contributed by atoms with Gasteiger partial charge in [0.05, 0.1) is 9.79 Å². The molecule has 7 heteroatoms. The lowest BCUT2D eigenvalue weighted by Crippen LogP contribution is -2.17. The third-order valence-electron chi connectivity index (χ3n) is 4.26. The summed E-state index contributed by atoms with van der Waals surface area (Å²) in [6.45, 7) is 8.51. The average Bonchev–Trinajstić information content (AvgIpc) is 2.48. The van der Waals surface area contributed by atoms with Crippen LogP contribution >= 0.6 is 15.9 Å². The largest absolute Gasteiger partial charge is 0.507 e. The lowest BCUT2D eigenvalue weighted by molar-refractivity contribution is 0.0692. The van der Waals surface area contributed by atoms with Crippen molar-refractivity contribution in [3.05, 3.63) is 51.0 Å². The van der Waals surface area contributed by atoms with Crippen molar-refractivity contribution in [1.82, 2.24) is 0 Å². The number of carbonyl (C=O) groups is 1. The van der Waals surface area contributed by atoms with Gasteiger partial charge in [0, 0.05) is 10.0 Å². The van der Waals surface area contributed by atoms with Crippen molar-refractivity contribution in [2.24, 2.45) is 0 Å².